The van der Waals surface area contributed by atoms with Crippen molar-refractivity contribution in [2.45, 2.75) is 38.8 Å². The fraction of sp³-hybridized carbons (Fsp3) is 0.458. The summed E-state index contributed by atoms with van der Waals surface area (Å²) in [4.78, 5) is 15.5. The van der Waals surface area contributed by atoms with Gasteiger partial charge in [0.15, 0.2) is 5.84 Å². The van der Waals surface area contributed by atoms with Crippen molar-refractivity contribution >= 4 is 23.3 Å². The van der Waals surface area contributed by atoms with E-state index in [1.807, 2.05) is 13.8 Å². The molecule has 0 bridgehead atoms. The molecule has 0 radical (unpaired) electrons. The molecule has 11 heteroatoms. The molecular formula is C24H37ClN6O4. The lowest BCUT2D eigenvalue weighted by Gasteiger charge is -2.17. The summed E-state index contributed by atoms with van der Waals surface area (Å²) in [6.07, 6.45) is 4.92. The lowest BCUT2D eigenvalue weighted by atomic mass is 10.2. The molecule has 0 aliphatic carbocycles. The van der Waals surface area contributed by atoms with Crippen molar-refractivity contribution in [1.29, 1.82) is 0 Å². The van der Waals surface area contributed by atoms with E-state index >= 15 is 0 Å². The van der Waals surface area contributed by atoms with Gasteiger partial charge in [0.25, 0.3) is 5.91 Å². The van der Waals surface area contributed by atoms with Crippen LogP contribution in [-0.4, -0.2) is 71.9 Å². The van der Waals surface area contributed by atoms with Gasteiger partial charge in [0.05, 0.1) is 13.2 Å². The van der Waals surface area contributed by atoms with Gasteiger partial charge in [-0.3, -0.25) is 9.78 Å². The monoisotopic (exact) mass is 508 g/mol. The first-order valence-corrected chi connectivity index (χ1v) is 11.9. The van der Waals surface area contributed by atoms with Crippen LogP contribution >= 0.6 is 11.6 Å². The Morgan fingerprint density at radius 1 is 1.03 bits per heavy atom. The fourth-order valence-corrected chi connectivity index (χ4v) is 2.77. The molecule has 194 valence electrons. The predicted molar refractivity (Wildman–Crippen MR) is 139 cm³/mol. The van der Waals surface area contributed by atoms with Crippen molar-refractivity contribution in [3.63, 3.8) is 0 Å². The summed E-state index contributed by atoms with van der Waals surface area (Å²) in [5.41, 5.74) is 8.43. The zero-order valence-electron chi connectivity index (χ0n) is 20.3. The van der Waals surface area contributed by atoms with Crippen LogP contribution in [0, 0.1) is 0 Å². The number of carbonyl (C=O) groups is 1. The van der Waals surface area contributed by atoms with Crippen LogP contribution in [-0.2, 0) is 0 Å². The van der Waals surface area contributed by atoms with Gasteiger partial charge in [-0.05, 0) is 49.2 Å². The Hall–Kier alpha value is -2.76. The number of benzene rings is 1. The topological polar surface area (TPSA) is 154 Å². The Balaban J connectivity index is 0.000000383. The van der Waals surface area contributed by atoms with E-state index in [0.29, 0.717) is 16.3 Å². The van der Waals surface area contributed by atoms with Crippen LogP contribution in [0.25, 0.3) is 0 Å². The van der Waals surface area contributed by atoms with Gasteiger partial charge >= 0.3 is 0 Å². The first-order valence-electron chi connectivity index (χ1n) is 11.5. The molecule has 0 fully saturated rings. The summed E-state index contributed by atoms with van der Waals surface area (Å²) in [6, 6.07) is 10.4. The molecule has 1 aromatic carbocycles. The number of ether oxygens (including phenoxy) is 1. The number of nitrogens with two attached hydrogens (primary N) is 1. The number of hydrogen-bond donors (Lipinski definition) is 6. The number of hydrazone groups is 1. The minimum Gasteiger partial charge on any atom is -0.486 e. The summed E-state index contributed by atoms with van der Waals surface area (Å²) >= 11 is 5.76. The molecule has 0 aliphatic heterocycles. The van der Waals surface area contributed by atoms with Gasteiger partial charge in [-0.2, -0.15) is 5.10 Å². The van der Waals surface area contributed by atoms with Gasteiger partial charge in [-0.15, -0.1) is 0 Å². The minimum absolute atomic E-state index is 0.0538. The normalized spacial score (nSPS) is 12.8. The Morgan fingerprint density at radius 3 is 2.06 bits per heavy atom. The van der Waals surface area contributed by atoms with Crippen LogP contribution in [0.4, 0.5) is 0 Å². The van der Waals surface area contributed by atoms with Gasteiger partial charge in [0.2, 0.25) is 0 Å². The van der Waals surface area contributed by atoms with Gasteiger partial charge in [0.1, 0.15) is 12.4 Å². The summed E-state index contributed by atoms with van der Waals surface area (Å²) in [6.45, 7) is 6.18. The van der Waals surface area contributed by atoms with E-state index < -0.39 is 0 Å². The number of nitrogens with one attached hydrogen (secondary N) is 3. The summed E-state index contributed by atoms with van der Waals surface area (Å²) < 4.78 is 5.39. The molecule has 0 saturated carbocycles. The van der Waals surface area contributed by atoms with Crippen molar-refractivity contribution in [2.24, 2.45) is 10.8 Å². The number of rotatable bonds is 14. The van der Waals surface area contributed by atoms with Crippen molar-refractivity contribution in [2.75, 3.05) is 32.9 Å². The summed E-state index contributed by atoms with van der Waals surface area (Å²) in [5.74, 6) is 0.386. The van der Waals surface area contributed by atoms with Gasteiger partial charge in [0, 0.05) is 48.2 Å². The zero-order valence-corrected chi connectivity index (χ0v) is 21.0. The zero-order chi connectivity index (χ0) is 25.9. The van der Waals surface area contributed by atoms with Crippen LogP contribution in [0.15, 0.2) is 53.9 Å². The molecule has 1 amide bonds. The maximum Gasteiger partial charge on any atom is 0.271 e. The highest BCUT2D eigenvalue weighted by atomic mass is 35.5. The molecule has 2 aromatic rings. The molecule has 35 heavy (non-hydrogen) atoms. The van der Waals surface area contributed by atoms with Gasteiger partial charge in [-0.1, -0.05) is 25.4 Å². The Kier molecular flexibility index (Phi) is 16.0. The molecule has 2 rings (SSSR count). The molecule has 1 aromatic heterocycles. The number of aliphatic hydroxyl groups excluding tert-OH is 2. The molecule has 0 saturated heterocycles. The highest BCUT2D eigenvalue weighted by Gasteiger charge is 2.05. The van der Waals surface area contributed by atoms with Crippen LogP contribution in [0.3, 0.4) is 0 Å². The number of halogens is 1. The number of nitrogens with zero attached hydrogens (tertiary/aromatic N) is 2. The van der Waals surface area contributed by atoms with E-state index in [2.05, 4.69) is 26.1 Å². The number of amides is 1. The van der Waals surface area contributed by atoms with Crippen LogP contribution < -0.4 is 26.5 Å². The molecule has 0 unspecified atom stereocenters. The molecule has 0 aliphatic rings. The van der Waals surface area contributed by atoms with E-state index in [0.717, 1.165) is 25.9 Å². The molecule has 7 N–H and O–H groups in total. The second kappa shape index (κ2) is 18.6. The minimum atomic E-state index is -0.369. The lowest BCUT2D eigenvalue weighted by Crippen LogP contribution is -2.40. The van der Waals surface area contributed by atoms with Crippen molar-refractivity contribution in [3.05, 3.63) is 59.4 Å². The Bertz CT molecular complexity index is 833. The van der Waals surface area contributed by atoms with E-state index in [9.17, 15) is 4.79 Å². The molecule has 10 nitrogen and oxygen atoms in total. The molecular weight excluding hydrogens is 472 g/mol. The van der Waals surface area contributed by atoms with Crippen LogP contribution in [0.2, 0.25) is 5.02 Å². The SMILES string of the molecule is CC[C@@H](CO)NCCN[C@@H](CC)CO.N/C(COc1ccc(Cl)cc1)=N/NC(=O)c1ccncc1. The average Bonchev–Trinajstić information content (AvgIpc) is 2.90. The van der Waals surface area contributed by atoms with Crippen molar-refractivity contribution < 1.29 is 19.7 Å². The third kappa shape index (κ3) is 13.6. The number of pyridine rings is 1. The molecule has 1 heterocycles. The predicted octanol–water partition coefficient (Wildman–Crippen LogP) is 1.52. The summed E-state index contributed by atoms with van der Waals surface area (Å²) in [7, 11) is 0. The molecule has 2 atom stereocenters. The van der Waals surface area contributed by atoms with Gasteiger partial charge < -0.3 is 31.3 Å². The quantitative estimate of drug-likeness (QED) is 0.0971. The number of amidine groups is 1. The largest absolute Gasteiger partial charge is 0.486 e. The summed E-state index contributed by atoms with van der Waals surface area (Å²) in [5, 5.41) is 28.6. The third-order valence-corrected chi connectivity index (χ3v) is 5.11. The first-order chi connectivity index (χ1) is 16.9. The maximum atomic E-state index is 11.7. The first kappa shape index (κ1) is 30.3. The van der Waals surface area contributed by atoms with E-state index in [1.54, 1.807) is 36.4 Å². The number of aromatic nitrogens is 1. The van der Waals surface area contributed by atoms with E-state index in [4.69, 9.17) is 32.3 Å². The highest BCUT2D eigenvalue weighted by Crippen LogP contribution is 2.15. The van der Waals surface area contributed by atoms with E-state index in [-0.39, 0.29) is 43.6 Å². The average molecular weight is 509 g/mol. The fourth-order valence-electron chi connectivity index (χ4n) is 2.64. The van der Waals surface area contributed by atoms with Crippen molar-refractivity contribution in [3.8, 4) is 5.75 Å². The Morgan fingerprint density at radius 2 is 1.57 bits per heavy atom. The number of carbonyl (C=O) groups excluding carboxylic acids is 1. The van der Waals surface area contributed by atoms with Crippen molar-refractivity contribution in [1.82, 2.24) is 21.0 Å². The second-order valence-corrected chi connectivity index (χ2v) is 7.94. The van der Waals surface area contributed by atoms with E-state index in [1.165, 1.54) is 12.4 Å². The highest BCUT2D eigenvalue weighted by molar-refractivity contribution is 6.30. The van der Waals surface area contributed by atoms with Gasteiger partial charge in [-0.25, -0.2) is 5.43 Å². The smallest absolute Gasteiger partial charge is 0.271 e. The standard InChI is InChI=1S/C14H13ClN4O2.C10H24N2O2/c15-11-1-3-12(4-2-11)21-9-13(16)18-19-14(20)10-5-7-17-8-6-10;1-3-9(7-13)11-5-6-12-10(4-2)8-14/h1-8H,9H2,(H2,16,18)(H,19,20);9-14H,3-8H2,1-2H3/t;9-,10-/m.0/s1. The van der Waals surface area contributed by atoms with Crippen LogP contribution in [0.5, 0.6) is 5.75 Å². The van der Waals surface area contributed by atoms with Crippen LogP contribution in [0.1, 0.15) is 37.0 Å². The number of aliphatic hydroxyl groups is 2. The second-order valence-electron chi connectivity index (χ2n) is 7.51. The Labute approximate surface area is 211 Å². The number of hydrogen-bond acceptors (Lipinski definition) is 8. The maximum absolute atomic E-state index is 11.7. The third-order valence-electron chi connectivity index (χ3n) is 4.86. The lowest BCUT2D eigenvalue weighted by molar-refractivity contribution is 0.0954. The molecule has 0 spiro atoms.